The molecule has 27 heavy (non-hydrogen) atoms. The average molecular weight is 389 g/mol. The van der Waals surface area contributed by atoms with E-state index in [1.54, 1.807) is 28.6 Å². The third-order valence-electron chi connectivity index (χ3n) is 5.76. The molecule has 1 saturated heterocycles. The van der Waals surface area contributed by atoms with Crippen LogP contribution in [0.1, 0.15) is 32.1 Å². The van der Waals surface area contributed by atoms with E-state index in [0.29, 0.717) is 41.3 Å². The van der Waals surface area contributed by atoms with Crippen molar-refractivity contribution in [2.24, 2.45) is 11.8 Å². The molecular formula is C21H24FNO3S. The third-order valence-corrected chi connectivity index (χ3v) is 7.64. The number of fused-ring (bicyclic) bond motifs is 1. The van der Waals surface area contributed by atoms with Gasteiger partial charge in [-0.25, -0.2) is 12.8 Å². The van der Waals surface area contributed by atoms with Crippen LogP contribution in [0.5, 0.6) is 11.5 Å². The first-order valence-electron chi connectivity index (χ1n) is 9.56. The first-order valence-corrected chi connectivity index (χ1v) is 11.0. The Morgan fingerprint density at radius 3 is 2.11 bits per heavy atom. The quantitative estimate of drug-likeness (QED) is 0.753. The van der Waals surface area contributed by atoms with E-state index in [4.69, 9.17) is 4.74 Å². The number of hydrogen-bond acceptors (Lipinski definition) is 3. The first-order chi connectivity index (χ1) is 13.0. The summed E-state index contributed by atoms with van der Waals surface area (Å²) in [5.41, 5.74) is 0. The maximum absolute atomic E-state index is 13.0. The van der Waals surface area contributed by atoms with Gasteiger partial charge in [-0.2, -0.15) is 4.31 Å². The molecule has 0 amide bonds. The van der Waals surface area contributed by atoms with Crippen molar-refractivity contribution in [3.8, 4) is 11.5 Å². The fourth-order valence-electron chi connectivity index (χ4n) is 4.25. The van der Waals surface area contributed by atoms with E-state index >= 15 is 0 Å². The van der Waals surface area contributed by atoms with Crippen molar-refractivity contribution in [3.63, 3.8) is 0 Å². The van der Waals surface area contributed by atoms with Crippen molar-refractivity contribution < 1.29 is 17.5 Å². The van der Waals surface area contributed by atoms with Crippen molar-refractivity contribution in [2.45, 2.75) is 37.0 Å². The molecule has 1 aliphatic heterocycles. The molecule has 1 heterocycles. The Bertz CT molecular complexity index is 881. The smallest absolute Gasteiger partial charge is 0.243 e. The normalized spacial score (nSPS) is 23.6. The maximum Gasteiger partial charge on any atom is 0.243 e. The van der Waals surface area contributed by atoms with Crippen LogP contribution in [0.2, 0.25) is 0 Å². The van der Waals surface area contributed by atoms with Crippen molar-refractivity contribution >= 4 is 10.0 Å². The van der Waals surface area contributed by atoms with Gasteiger partial charge in [-0.05, 0) is 73.2 Å². The summed E-state index contributed by atoms with van der Waals surface area (Å²) in [6.07, 6.45) is 5.85. The lowest BCUT2D eigenvalue weighted by Gasteiger charge is -2.40. The molecule has 6 heteroatoms. The molecule has 144 valence electrons. The molecule has 0 spiro atoms. The van der Waals surface area contributed by atoms with Crippen LogP contribution in [-0.4, -0.2) is 25.8 Å². The minimum absolute atomic E-state index is 0.295. The summed E-state index contributed by atoms with van der Waals surface area (Å²) in [6.45, 7) is 1.25. The topological polar surface area (TPSA) is 46.6 Å². The van der Waals surface area contributed by atoms with Gasteiger partial charge >= 0.3 is 0 Å². The molecule has 2 atom stereocenters. The fourth-order valence-corrected chi connectivity index (χ4v) is 5.76. The maximum atomic E-state index is 13.0. The molecule has 2 aromatic rings. The van der Waals surface area contributed by atoms with Crippen LogP contribution in [0.4, 0.5) is 4.39 Å². The van der Waals surface area contributed by atoms with Crippen molar-refractivity contribution in [1.29, 1.82) is 0 Å². The van der Waals surface area contributed by atoms with E-state index in [-0.39, 0.29) is 5.82 Å². The van der Waals surface area contributed by atoms with Gasteiger partial charge in [0.2, 0.25) is 10.0 Å². The Hall–Kier alpha value is -1.92. The summed E-state index contributed by atoms with van der Waals surface area (Å²) < 4.78 is 46.3. The Morgan fingerprint density at radius 2 is 1.44 bits per heavy atom. The molecule has 2 aromatic carbocycles. The number of hydrogen-bond donors (Lipinski definition) is 0. The monoisotopic (exact) mass is 389 g/mol. The minimum atomic E-state index is -3.48. The van der Waals surface area contributed by atoms with E-state index in [0.717, 1.165) is 12.8 Å². The van der Waals surface area contributed by atoms with Gasteiger partial charge in [-0.3, -0.25) is 0 Å². The number of benzene rings is 2. The summed E-state index contributed by atoms with van der Waals surface area (Å²) in [7, 11) is -3.48. The molecule has 2 aliphatic rings. The van der Waals surface area contributed by atoms with Gasteiger partial charge < -0.3 is 4.74 Å². The molecule has 2 fully saturated rings. The second kappa shape index (κ2) is 7.60. The predicted molar refractivity (Wildman–Crippen MR) is 102 cm³/mol. The average Bonchev–Trinajstić information content (AvgIpc) is 2.70. The largest absolute Gasteiger partial charge is 0.457 e. The highest BCUT2D eigenvalue weighted by molar-refractivity contribution is 7.89. The van der Waals surface area contributed by atoms with E-state index < -0.39 is 10.0 Å². The molecule has 0 radical (unpaired) electrons. The van der Waals surface area contributed by atoms with Gasteiger partial charge in [0.15, 0.2) is 0 Å². The third kappa shape index (κ3) is 4.01. The number of halogens is 1. The summed E-state index contributed by atoms with van der Waals surface area (Å²) in [6, 6.07) is 12.2. The highest BCUT2D eigenvalue weighted by Crippen LogP contribution is 2.37. The van der Waals surface area contributed by atoms with Gasteiger partial charge in [0, 0.05) is 13.1 Å². The van der Waals surface area contributed by atoms with Crippen molar-refractivity contribution in [1.82, 2.24) is 4.31 Å². The lowest BCUT2D eigenvalue weighted by atomic mass is 9.76. The molecule has 1 saturated carbocycles. The van der Waals surface area contributed by atoms with Crippen molar-refractivity contribution in [2.75, 3.05) is 13.1 Å². The zero-order chi connectivity index (χ0) is 18.9. The van der Waals surface area contributed by atoms with Crippen LogP contribution in [0.3, 0.4) is 0 Å². The summed E-state index contributed by atoms with van der Waals surface area (Å²) >= 11 is 0. The lowest BCUT2D eigenvalue weighted by molar-refractivity contribution is 0.136. The second-order valence-corrected chi connectivity index (χ2v) is 9.42. The molecule has 4 nitrogen and oxygen atoms in total. The summed E-state index contributed by atoms with van der Waals surface area (Å²) in [5.74, 6) is 1.89. The molecular weight excluding hydrogens is 365 g/mol. The van der Waals surface area contributed by atoms with Crippen LogP contribution in [0.25, 0.3) is 0 Å². The Labute approximate surface area is 160 Å². The van der Waals surface area contributed by atoms with Crippen LogP contribution < -0.4 is 4.74 Å². The molecule has 4 rings (SSSR count). The van der Waals surface area contributed by atoms with Crippen LogP contribution in [0.15, 0.2) is 53.4 Å². The van der Waals surface area contributed by atoms with Gasteiger partial charge in [0.25, 0.3) is 0 Å². The standard InChI is InChI=1S/C21H24FNO3S/c22-18-5-7-19(8-6-18)26-20-9-11-21(12-10-20)27(24,25)23-14-13-16-3-1-2-4-17(16)15-23/h5-12,16-17H,1-4,13-15H2. The highest BCUT2D eigenvalue weighted by atomic mass is 32.2. The second-order valence-electron chi connectivity index (χ2n) is 7.48. The van der Waals surface area contributed by atoms with Crippen LogP contribution in [0, 0.1) is 17.7 Å². The number of rotatable bonds is 4. The van der Waals surface area contributed by atoms with E-state index in [1.807, 2.05) is 0 Å². The number of piperidine rings is 1. The molecule has 0 bridgehead atoms. The molecule has 0 aromatic heterocycles. The van der Waals surface area contributed by atoms with Crippen LogP contribution in [-0.2, 0) is 10.0 Å². The number of nitrogens with zero attached hydrogens (tertiary/aromatic N) is 1. The van der Waals surface area contributed by atoms with E-state index in [9.17, 15) is 12.8 Å². The summed E-state index contributed by atoms with van der Waals surface area (Å²) in [4.78, 5) is 0.295. The Morgan fingerprint density at radius 1 is 0.852 bits per heavy atom. The zero-order valence-corrected chi connectivity index (χ0v) is 16.0. The van der Waals surface area contributed by atoms with Gasteiger partial charge in [-0.1, -0.05) is 19.3 Å². The fraction of sp³-hybridized carbons (Fsp3) is 0.429. The van der Waals surface area contributed by atoms with Gasteiger partial charge in [0.05, 0.1) is 4.90 Å². The SMILES string of the molecule is O=S(=O)(c1ccc(Oc2ccc(F)cc2)cc1)N1CCC2CCCCC2C1. The first kappa shape index (κ1) is 18.4. The van der Waals surface area contributed by atoms with Gasteiger partial charge in [-0.15, -0.1) is 0 Å². The Kier molecular flexibility index (Phi) is 5.19. The van der Waals surface area contributed by atoms with E-state index in [1.165, 1.54) is 43.5 Å². The Balaban J connectivity index is 1.46. The number of sulfonamides is 1. The predicted octanol–water partition coefficient (Wildman–Crippen LogP) is 4.82. The van der Waals surface area contributed by atoms with Gasteiger partial charge in [0.1, 0.15) is 17.3 Å². The lowest BCUT2D eigenvalue weighted by Crippen LogP contribution is -2.44. The highest BCUT2D eigenvalue weighted by Gasteiger charge is 2.36. The number of ether oxygens (including phenoxy) is 1. The minimum Gasteiger partial charge on any atom is -0.457 e. The molecule has 1 aliphatic carbocycles. The van der Waals surface area contributed by atoms with E-state index in [2.05, 4.69) is 0 Å². The summed E-state index contributed by atoms with van der Waals surface area (Å²) in [5, 5.41) is 0. The van der Waals surface area contributed by atoms with Crippen molar-refractivity contribution in [3.05, 3.63) is 54.3 Å². The molecule has 0 N–H and O–H groups in total. The zero-order valence-electron chi connectivity index (χ0n) is 15.2. The molecule has 2 unspecified atom stereocenters. The van der Waals surface area contributed by atoms with Crippen LogP contribution >= 0.6 is 0 Å².